The van der Waals surface area contributed by atoms with Gasteiger partial charge in [0.1, 0.15) is 21.4 Å². The highest BCUT2D eigenvalue weighted by Gasteiger charge is 2.21. The van der Waals surface area contributed by atoms with Crippen molar-refractivity contribution in [3.63, 3.8) is 0 Å². The molecular formula is C15H19N3O3S. The van der Waals surface area contributed by atoms with Crippen LogP contribution in [0, 0.1) is 0 Å². The Morgan fingerprint density at radius 3 is 2.55 bits per heavy atom. The van der Waals surface area contributed by atoms with Crippen molar-refractivity contribution in [1.29, 1.82) is 0 Å². The van der Waals surface area contributed by atoms with E-state index in [4.69, 9.17) is 0 Å². The minimum absolute atomic E-state index is 0.155. The second-order valence-electron chi connectivity index (χ2n) is 5.13. The zero-order valence-corrected chi connectivity index (χ0v) is 13.4. The summed E-state index contributed by atoms with van der Waals surface area (Å²) in [6, 6.07) is 8.44. The molecule has 7 heteroatoms. The number of aromatic amines is 1. The lowest BCUT2D eigenvalue weighted by atomic mass is 10.1. The van der Waals surface area contributed by atoms with Crippen LogP contribution in [0.1, 0.15) is 34.8 Å². The second-order valence-corrected chi connectivity index (χ2v) is 7.31. The van der Waals surface area contributed by atoms with Crippen molar-refractivity contribution >= 4 is 15.7 Å². The molecule has 2 aromatic rings. The zero-order chi connectivity index (χ0) is 16.2. The lowest BCUT2D eigenvalue weighted by molar-refractivity contribution is 0.0936. The molecule has 0 aliphatic rings. The van der Waals surface area contributed by atoms with Gasteiger partial charge in [-0.3, -0.25) is 4.79 Å². The van der Waals surface area contributed by atoms with Gasteiger partial charge in [0, 0.05) is 12.7 Å². The Balaban J connectivity index is 2.20. The molecule has 0 unspecified atom stereocenters. The zero-order valence-electron chi connectivity index (χ0n) is 12.5. The van der Waals surface area contributed by atoms with E-state index in [1.165, 1.54) is 6.20 Å². The van der Waals surface area contributed by atoms with E-state index < -0.39 is 15.9 Å². The Kier molecular flexibility index (Phi) is 4.97. The second kappa shape index (κ2) is 6.74. The Morgan fingerprint density at radius 1 is 1.32 bits per heavy atom. The number of H-pyrrole nitrogens is 1. The quantitative estimate of drug-likeness (QED) is 0.843. The maximum absolute atomic E-state index is 12.3. The molecule has 0 aliphatic heterocycles. The Bertz CT molecular complexity index is 738. The molecule has 1 aromatic heterocycles. The third kappa shape index (κ3) is 4.42. The van der Waals surface area contributed by atoms with E-state index in [9.17, 15) is 13.2 Å². The molecule has 1 heterocycles. The molecule has 0 saturated heterocycles. The number of rotatable bonds is 6. The number of imidazole rings is 1. The van der Waals surface area contributed by atoms with Crippen LogP contribution in [-0.2, 0) is 16.3 Å². The number of benzene rings is 1. The first-order valence-corrected chi connectivity index (χ1v) is 9.02. The van der Waals surface area contributed by atoms with Crippen LogP contribution < -0.4 is 5.32 Å². The van der Waals surface area contributed by atoms with Crippen LogP contribution >= 0.6 is 0 Å². The molecule has 0 radical (unpaired) electrons. The van der Waals surface area contributed by atoms with Gasteiger partial charge >= 0.3 is 0 Å². The van der Waals surface area contributed by atoms with Gasteiger partial charge < -0.3 is 10.3 Å². The van der Waals surface area contributed by atoms with Crippen LogP contribution in [0.3, 0.4) is 0 Å². The van der Waals surface area contributed by atoms with Crippen molar-refractivity contribution in [2.75, 3.05) is 12.0 Å². The van der Waals surface area contributed by atoms with Gasteiger partial charge in [0.2, 0.25) is 0 Å². The van der Waals surface area contributed by atoms with Crippen LogP contribution in [0.25, 0.3) is 0 Å². The number of sulfone groups is 1. The minimum Gasteiger partial charge on any atom is -0.343 e. The average Bonchev–Trinajstić information content (AvgIpc) is 2.95. The fourth-order valence-corrected chi connectivity index (χ4v) is 2.98. The highest BCUT2D eigenvalue weighted by Crippen LogP contribution is 2.15. The monoisotopic (exact) mass is 321 g/mol. The van der Waals surface area contributed by atoms with Gasteiger partial charge in [0.05, 0.1) is 18.0 Å². The highest BCUT2D eigenvalue weighted by atomic mass is 32.2. The fraction of sp³-hybridized carbons (Fsp3) is 0.333. The normalized spacial score (nSPS) is 12.8. The number of nitrogens with one attached hydrogen (secondary N) is 2. The summed E-state index contributed by atoms with van der Waals surface area (Å²) in [5.41, 5.74) is 1.07. The largest absolute Gasteiger partial charge is 0.343 e. The predicted octanol–water partition coefficient (Wildman–Crippen LogP) is 1.49. The topological polar surface area (TPSA) is 91.9 Å². The van der Waals surface area contributed by atoms with Gasteiger partial charge in [-0.25, -0.2) is 13.4 Å². The summed E-state index contributed by atoms with van der Waals surface area (Å²) >= 11 is 0. The minimum atomic E-state index is -3.24. The number of carbonyl (C=O) groups excluding carboxylic acids is 1. The summed E-state index contributed by atoms with van der Waals surface area (Å²) in [4.78, 5) is 19.3. The fourth-order valence-electron chi connectivity index (χ4n) is 2.10. The number of amides is 1. The van der Waals surface area contributed by atoms with Crippen LogP contribution in [0.5, 0.6) is 0 Å². The lowest BCUT2D eigenvalue weighted by Gasteiger charge is -2.18. The summed E-state index contributed by atoms with van der Waals surface area (Å²) in [5, 5.41) is 2.75. The smallest absolute Gasteiger partial charge is 0.269 e. The van der Waals surface area contributed by atoms with Gasteiger partial charge in [-0.05, 0) is 5.56 Å². The van der Waals surface area contributed by atoms with Gasteiger partial charge in [-0.1, -0.05) is 37.3 Å². The summed E-state index contributed by atoms with van der Waals surface area (Å²) in [6.07, 6.45) is 3.30. The van der Waals surface area contributed by atoms with Gasteiger partial charge in [-0.15, -0.1) is 0 Å². The number of hydrogen-bond acceptors (Lipinski definition) is 4. The highest BCUT2D eigenvalue weighted by molar-refractivity contribution is 7.90. The molecule has 118 valence electrons. The van der Waals surface area contributed by atoms with E-state index in [0.29, 0.717) is 17.9 Å². The summed E-state index contributed by atoms with van der Waals surface area (Å²) in [7, 11) is -3.24. The van der Waals surface area contributed by atoms with E-state index in [-0.39, 0.29) is 11.7 Å². The molecule has 6 nitrogen and oxygen atoms in total. The van der Waals surface area contributed by atoms with Crippen LogP contribution in [-0.4, -0.2) is 36.3 Å². The average molecular weight is 321 g/mol. The van der Waals surface area contributed by atoms with Crippen LogP contribution in [0.15, 0.2) is 36.5 Å². The maximum Gasteiger partial charge on any atom is 0.269 e. The van der Waals surface area contributed by atoms with Crippen LogP contribution in [0.2, 0.25) is 0 Å². The van der Waals surface area contributed by atoms with Crippen molar-refractivity contribution in [2.45, 2.75) is 19.4 Å². The number of aromatic nitrogens is 2. The Morgan fingerprint density at radius 2 is 2.00 bits per heavy atom. The third-order valence-corrected chi connectivity index (χ3v) is 4.12. The van der Waals surface area contributed by atoms with Crippen molar-refractivity contribution < 1.29 is 13.2 Å². The molecule has 2 rings (SSSR count). The molecule has 0 bridgehead atoms. The first-order chi connectivity index (χ1) is 10.4. The van der Waals surface area contributed by atoms with Crippen LogP contribution in [0.4, 0.5) is 0 Å². The molecular weight excluding hydrogens is 302 g/mol. The van der Waals surface area contributed by atoms with Crippen molar-refractivity contribution in [2.24, 2.45) is 0 Å². The summed E-state index contributed by atoms with van der Waals surface area (Å²) in [5.74, 6) is 0.187. The predicted molar refractivity (Wildman–Crippen MR) is 84.3 cm³/mol. The molecule has 22 heavy (non-hydrogen) atoms. The first kappa shape index (κ1) is 16.2. The van der Waals surface area contributed by atoms with Crippen molar-refractivity contribution in [3.8, 4) is 0 Å². The first-order valence-electron chi connectivity index (χ1n) is 6.96. The maximum atomic E-state index is 12.3. The summed E-state index contributed by atoms with van der Waals surface area (Å²) < 4.78 is 23.2. The molecule has 1 aromatic carbocycles. The number of carbonyl (C=O) groups is 1. The molecule has 0 spiro atoms. The van der Waals surface area contributed by atoms with E-state index in [1.54, 1.807) is 12.1 Å². The molecule has 0 saturated carbocycles. The third-order valence-electron chi connectivity index (χ3n) is 3.18. The van der Waals surface area contributed by atoms with E-state index in [0.717, 1.165) is 11.8 Å². The Hall–Kier alpha value is -2.15. The molecule has 1 atom stereocenters. The number of nitrogens with zero attached hydrogens (tertiary/aromatic N) is 1. The standard InChI is InChI=1S/C15H19N3O3S/c1-3-14-16-9-12(17-14)15(19)18-13(10-22(2,20)21)11-7-5-4-6-8-11/h4-9,13H,3,10H2,1-2H3,(H,16,17)(H,18,19)/t13-/m0/s1. The van der Waals surface area contributed by atoms with E-state index >= 15 is 0 Å². The van der Waals surface area contributed by atoms with Crippen molar-refractivity contribution in [1.82, 2.24) is 15.3 Å². The molecule has 1 amide bonds. The lowest BCUT2D eigenvalue weighted by Crippen LogP contribution is -2.33. The molecule has 0 fully saturated rings. The summed E-state index contributed by atoms with van der Waals surface area (Å²) in [6.45, 7) is 1.93. The number of aryl methyl sites for hydroxylation is 1. The number of hydrogen-bond donors (Lipinski definition) is 2. The van der Waals surface area contributed by atoms with E-state index in [2.05, 4.69) is 15.3 Å². The molecule has 0 aliphatic carbocycles. The SMILES string of the molecule is CCc1ncc(C(=O)N[C@@H](CS(C)(=O)=O)c2ccccc2)[nH]1. The van der Waals surface area contributed by atoms with Gasteiger partial charge in [0.25, 0.3) is 5.91 Å². The van der Waals surface area contributed by atoms with Gasteiger partial charge in [-0.2, -0.15) is 0 Å². The van der Waals surface area contributed by atoms with E-state index in [1.807, 2.05) is 25.1 Å². The molecule has 2 N–H and O–H groups in total. The van der Waals surface area contributed by atoms with Crippen molar-refractivity contribution in [3.05, 3.63) is 53.6 Å². The van der Waals surface area contributed by atoms with Gasteiger partial charge in [0.15, 0.2) is 0 Å². The Labute approximate surface area is 129 Å².